The molecule has 18 heavy (non-hydrogen) atoms. The van der Waals surface area contributed by atoms with Crippen LogP contribution in [0.2, 0.25) is 0 Å². The van der Waals surface area contributed by atoms with Crippen LogP contribution >= 0.6 is 11.8 Å². The standard InChI is InChI=1S/C15H28O2S/c1-2-3-4-5-6-14(16)13-7-9-17-15(11-13)8-10-18-12-15/h13-14,16H,2-12H2,1H3. The molecule has 2 aliphatic heterocycles. The van der Waals surface area contributed by atoms with E-state index in [-0.39, 0.29) is 11.7 Å². The van der Waals surface area contributed by atoms with Gasteiger partial charge in [-0.15, -0.1) is 0 Å². The van der Waals surface area contributed by atoms with Crippen molar-refractivity contribution >= 4 is 11.8 Å². The molecule has 3 heteroatoms. The van der Waals surface area contributed by atoms with Gasteiger partial charge in [-0.2, -0.15) is 11.8 Å². The minimum atomic E-state index is -0.0896. The van der Waals surface area contributed by atoms with E-state index in [0.29, 0.717) is 5.92 Å². The smallest absolute Gasteiger partial charge is 0.0783 e. The summed E-state index contributed by atoms with van der Waals surface area (Å²) in [7, 11) is 0. The van der Waals surface area contributed by atoms with E-state index in [1.165, 1.54) is 37.9 Å². The van der Waals surface area contributed by atoms with Crippen molar-refractivity contribution < 1.29 is 9.84 Å². The van der Waals surface area contributed by atoms with Crippen molar-refractivity contribution in [3.8, 4) is 0 Å². The second kappa shape index (κ2) is 7.16. The van der Waals surface area contributed by atoms with E-state index in [0.717, 1.165) is 31.6 Å². The Morgan fingerprint density at radius 3 is 3.00 bits per heavy atom. The molecule has 106 valence electrons. The summed E-state index contributed by atoms with van der Waals surface area (Å²) < 4.78 is 6.02. The number of ether oxygens (including phenoxy) is 1. The summed E-state index contributed by atoms with van der Waals surface area (Å²) in [6.45, 7) is 3.09. The lowest BCUT2D eigenvalue weighted by atomic mass is 9.81. The van der Waals surface area contributed by atoms with Crippen molar-refractivity contribution in [3.63, 3.8) is 0 Å². The lowest BCUT2D eigenvalue weighted by Crippen LogP contribution is -2.43. The van der Waals surface area contributed by atoms with Crippen LogP contribution < -0.4 is 0 Å². The fourth-order valence-corrected chi connectivity index (χ4v) is 4.65. The lowest BCUT2D eigenvalue weighted by Gasteiger charge is -2.39. The molecule has 2 aliphatic rings. The van der Waals surface area contributed by atoms with E-state index in [2.05, 4.69) is 6.92 Å². The molecule has 2 fully saturated rings. The highest BCUT2D eigenvalue weighted by Gasteiger charge is 2.41. The number of rotatable bonds is 6. The molecule has 0 aliphatic carbocycles. The number of aliphatic hydroxyl groups excluding tert-OH is 1. The van der Waals surface area contributed by atoms with Crippen molar-refractivity contribution in [2.75, 3.05) is 18.1 Å². The molecule has 3 unspecified atom stereocenters. The van der Waals surface area contributed by atoms with Crippen LogP contribution in [0.15, 0.2) is 0 Å². The SMILES string of the molecule is CCCCCCC(O)C1CCOC2(CCSC2)C1. The van der Waals surface area contributed by atoms with Crippen LogP contribution in [0, 0.1) is 5.92 Å². The zero-order valence-corrected chi connectivity index (χ0v) is 12.5. The summed E-state index contributed by atoms with van der Waals surface area (Å²) >= 11 is 2.01. The Morgan fingerprint density at radius 1 is 1.39 bits per heavy atom. The lowest BCUT2D eigenvalue weighted by molar-refractivity contribution is -0.102. The Hall–Kier alpha value is 0.270. The van der Waals surface area contributed by atoms with Crippen molar-refractivity contribution in [3.05, 3.63) is 0 Å². The number of thioether (sulfide) groups is 1. The van der Waals surface area contributed by atoms with Gasteiger partial charge in [-0.05, 0) is 37.4 Å². The molecule has 1 N–H and O–H groups in total. The van der Waals surface area contributed by atoms with Gasteiger partial charge in [0, 0.05) is 12.4 Å². The number of hydrogen-bond acceptors (Lipinski definition) is 3. The first-order valence-electron chi connectivity index (χ1n) is 7.65. The molecule has 1 spiro atoms. The van der Waals surface area contributed by atoms with E-state index >= 15 is 0 Å². The molecule has 2 saturated heterocycles. The fourth-order valence-electron chi connectivity index (χ4n) is 3.27. The monoisotopic (exact) mass is 272 g/mol. The molecule has 3 atom stereocenters. The van der Waals surface area contributed by atoms with Gasteiger partial charge < -0.3 is 9.84 Å². The number of unbranched alkanes of at least 4 members (excludes halogenated alkanes) is 3. The third kappa shape index (κ3) is 3.88. The summed E-state index contributed by atoms with van der Waals surface area (Å²) in [6.07, 6.45) is 9.29. The van der Waals surface area contributed by atoms with Crippen molar-refractivity contribution in [1.82, 2.24) is 0 Å². The van der Waals surface area contributed by atoms with Crippen LogP contribution in [0.25, 0.3) is 0 Å². The van der Waals surface area contributed by atoms with Crippen LogP contribution in [0.4, 0.5) is 0 Å². The second-order valence-corrected chi connectivity index (χ2v) is 7.11. The predicted molar refractivity (Wildman–Crippen MR) is 78.1 cm³/mol. The highest BCUT2D eigenvalue weighted by Crippen LogP contribution is 2.41. The Bertz CT molecular complexity index is 239. The summed E-state index contributed by atoms with van der Waals surface area (Å²) in [6, 6.07) is 0. The normalized spacial score (nSPS) is 34.0. The zero-order valence-electron chi connectivity index (χ0n) is 11.7. The van der Waals surface area contributed by atoms with Gasteiger partial charge in [0.1, 0.15) is 0 Å². The molecule has 2 nitrogen and oxygen atoms in total. The first kappa shape index (κ1) is 14.7. The Morgan fingerprint density at radius 2 is 2.28 bits per heavy atom. The van der Waals surface area contributed by atoms with Gasteiger partial charge in [-0.1, -0.05) is 32.6 Å². The van der Waals surface area contributed by atoms with Gasteiger partial charge in [0.25, 0.3) is 0 Å². The topological polar surface area (TPSA) is 29.5 Å². The van der Waals surface area contributed by atoms with Crippen molar-refractivity contribution in [2.45, 2.75) is 70.0 Å². The molecule has 2 rings (SSSR count). The van der Waals surface area contributed by atoms with Gasteiger partial charge in [0.15, 0.2) is 0 Å². The summed E-state index contributed by atoms with van der Waals surface area (Å²) in [4.78, 5) is 0. The van der Waals surface area contributed by atoms with Gasteiger partial charge in [-0.25, -0.2) is 0 Å². The van der Waals surface area contributed by atoms with E-state index in [9.17, 15) is 5.11 Å². The average Bonchev–Trinajstić information content (AvgIpc) is 2.82. The highest BCUT2D eigenvalue weighted by atomic mass is 32.2. The summed E-state index contributed by atoms with van der Waals surface area (Å²) in [5, 5.41) is 10.4. The Kier molecular flexibility index (Phi) is 5.84. The van der Waals surface area contributed by atoms with Crippen LogP contribution in [0.1, 0.15) is 58.3 Å². The van der Waals surface area contributed by atoms with E-state index in [1.807, 2.05) is 11.8 Å². The first-order chi connectivity index (χ1) is 8.76. The van der Waals surface area contributed by atoms with E-state index in [1.54, 1.807) is 0 Å². The summed E-state index contributed by atoms with van der Waals surface area (Å²) in [5.41, 5.74) is 0.123. The molecule has 0 bridgehead atoms. The van der Waals surface area contributed by atoms with Crippen molar-refractivity contribution in [2.24, 2.45) is 5.92 Å². The Labute approximate surface area is 116 Å². The summed E-state index contributed by atoms with van der Waals surface area (Å²) in [5.74, 6) is 2.87. The Balaban J connectivity index is 1.74. The molecule has 2 heterocycles. The molecular formula is C15H28O2S. The number of aliphatic hydroxyl groups is 1. The molecule has 0 aromatic rings. The fraction of sp³-hybridized carbons (Fsp3) is 1.00. The minimum Gasteiger partial charge on any atom is -0.393 e. The third-order valence-electron chi connectivity index (χ3n) is 4.50. The molecule has 0 saturated carbocycles. The van der Waals surface area contributed by atoms with Gasteiger partial charge in [0.2, 0.25) is 0 Å². The maximum atomic E-state index is 10.4. The van der Waals surface area contributed by atoms with Crippen LogP contribution in [0.5, 0.6) is 0 Å². The molecular weight excluding hydrogens is 244 g/mol. The maximum absolute atomic E-state index is 10.4. The second-order valence-electron chi connectivity index (χ2n) is 6.00. The zero-order chi connectivity index (χ0) is 12.8. The number of hydrogen-bond donors (Lipinski definition) is 1. The van der Waals surface area contributed by atoms with Crippen LogP contribution in [-0.4, -0.2) is 34.9 Å². The minimum absolute atomic E-state index is 0.0896. The molecule has 0 amide bonds. The molecule has 0 aromatic heterocycles. The van der Waals surface area contributed by atoms with Gasteiger partial charge >= 0.3 is 0 Å². The first-order valence-corrected chi connectivity index (χ1v) is 8.81. The maximum Gasteiger partial charge on any atom is 0.0783 e. The molecule has 0 aromatic carbocycles. The van der Waals surface area contributed by atoms with Gasteiger partial charge in [-0.3, -0.25) is 0 Å². The van der Waals surface area contributed by atoms with Gasteiger partial charge in [0.05, 0.1) is 11.7 Å². The van der Waals surface area contributed by atoms with Crippen molar-refractivity contribution in [1.29, 1.82) is 0 Å². The highest BCUT2D eigenvalue weighted by molar-refractivity contribution is 7.99. The quantitative estimate of drug-likeness (QED) is 0.749. The average molecular weight is 272 g/mol. The van der Waals surface area contributed by atoms with E-state index < -0.39 is 0 Å². The molecule has 0 radical (unpaired) electrons. The van der Waals surface area contributed by atoms with Crippen LogP contribution in [-0.2, 0) is 4.74 Å². The van der Waals surface area contributed by atoms with Crippen LogP contribution in [0.3, 0.4) is 0 Å². The largest absolute Gasteiger partial charge is 0.393 e. The predicted octanol–water partition coefficient (Wildman–Crippen LogP) is 3.62. The third-order valence-corrected chi connectivity index (χ3v) is 5.72. The van der Waals surface area contributed by atoms with E-state index in [4.69, 9.17) is 4.74 Å².